The third-order valence-electron chi connectivity index (χ3n) is 3.99. The summed E-state index contributed by atoms with van der Waals surface area (Å²) in [5.41, 5.74) is 0.977. The molecule has 0 fully saturated rings. The van der Waals surface area contributed by atoms with Crippen LogP contribution in [0.2, 0.25) is 0 Å². The van der Waals surface area contributed by atoms with Gasteiger partial charge in [-0.2, -0.15) is 9.40 Å². The lowest BCUT2D eigenvalue weighted by molar-refractivity contribution is 0.329. The Morgan fingerprint density at radius 1 is 1.21 bits per heavy atom. The second kappa shape index (κ2) is 5.53. The Labute approximate surface area is 138 Å². The third kappa shape index (κ3) is 2.51. The monoisotopic (exact) mass is 348 g/mol. The topological polar surface area (TPSA) is 104 Å². The summed E-state index contributed by atoms with van der Waals surface area (Å²) in [7, 11) is -1.86. The third-order valence-corrected chi connectivity index (χ3v) is 5.72. The fraction of sp³-hybridized carbons (Fsp3) is 0.385. The van der Waals surface area contributed by atoms with Crippen LogP contribution in [0.4, 0.5) is 0 Å². The largest absolute Gasteiger partial charge is 0.339 e. The van der Waals surface area contributed by atoms with E-state index in [1.165, 1.54) is 23.2 Å². The van der Waals surface area contributed by atoms with Crippen LogP contribution in [0.5, 0.6) is 0 Å². The van der Waals surface area contributed by atoms with Crippen LogP contribution in [-0.4, -0.2) is 53.1 Å². The Kier molecular flexibility index (Phi) is 3.46. The Morgan fingerprint density at radius 3 is 2.79 bits per heavy atom. The molecule has 10 nitrogen and oxygen atoms in total. The smallest absolute Gasteiger partial charge is 0.262 e. The van der Waals surface area contributed by atoms with Crippen molar-refractivity contribution in [1.29, 1.82) is 0 Å². The first-order valence-corrected chi connectivity index (χ1v) is 8.82. The summed E-state index contributed by atoms with van der Waals surface area (Å²) >= 11 is 0. The van der Waals surface area contributed by atoms with Gasteiger partial charge < -0.3 is 9.13 Å². The van der Waals surface area contributed by atoms with Gasteiger partial charge in [0.15, 0.2) is 5.03 Å². The Balaban J connectivity index is 1.57. The lowest BCUT2D eigenvalue weighted by atomic mass is 10.4. The van der Waals surface area contributed by atoms with Crippen molar-refractivity contribution < 1.29 is 8.42 Å². The predicted molar refractivity (Wildman–Crippen MR) is 82.2 cm³/mol. The molecule has 0 amide bonds. The first-order valence-electron chi connectivity index (χ1n) is 7.38. The molecular weight excluding hydrogens is 332 g/mol. The predicted octanol–water partition coefficient (Wildman–Crippen LogP) is -0.539. The van der Waals surface area contributed by atoms with Crippen LogP contribution >= 0.6 is 0 Å². The molecule has 4 heterocycles. The number of rotatable bonds is 4. The Hall–Kier alpha value is -2.53. The second-order valence-electron chi connectivity index (χ2n) is 5.63. The van der Waals surface area contributed by atoms with Gasteiger partial charge in [0.25, 0.3) is 10.0 Å². The molecule has 0 spiro atoms. The van der Waals surface area contributed by atoms with Gasteiger partial charge in [-0.1, -0.05) is 0 Å². The molecule has 0 unspecified atom stereocenters. The van der Waals surface area contributed by atoms with Crippen molar-refractivity contribution in [2.75, 3.05) is 6.54 Å². The second-order valence-corrected chi connectivity index (χ2v) is 7.51. The number of aryl methyl sites for hydroxylation is 1. The first-order chi connectivity index (χ1) is 11.5. The van der Waals surface area contributed by atoms with Gasteiger partial charge in [0.1, 0.15) is 18.5 Å². The highest BCUT2D eigenvalue weighted by Crippen LogP contribution is 2.21. The average Bonchev–Trinajstić information content (AvgIpc) is 3.29. The summed E-state index contributed by atoms with van der Waals surface area (Å²) in [5, 5.41) is 4.15. The summed E-state index contributed by atoms with van der Waals surface area (Å²) in [5.74, 6) is 0.718. The van der Waals surface area contributed by atoms with Gasteiger partial charge in [0, 0.05) is 26.3 Å². The minimum Gasteiger partial charge on any atom is -0.339 e. The van der Waals surface area contributed by atoms with Crippen molar-refractivity contribution in [2.45, 2.75) is 24.7 Å². The lowest BCUT2D eigenvalue weighted by Gasteiger charge is -2.27. The lowest BCUT2D eigenvalue weighted by Crippen LogP contribution is -2.39. The van der Waals surface area contributed by atoms with E-state index in [4.69, 9.17) is 0 Å². The van der Waals surface area contributed by atoms with Crippen molar-refractivity contribution >= 4 is 10.0 Å². The Bertz CT molecular complexity index is 956. The van der Waals surface area contributed by atoms with Crippen molar-refractivity contribution in [3.8, 4) is 0 Å². The van der Waals surface area contributed by atoms with Gasteiger partial charge in [-0.15, -0.1) is 0 Å². The maximum Gasteiger partial charge on any atom is 0.262 e. The maximum atomic E-state index is 12.7. The molecule has 1 aliphatic rings. The van der Waals surface area contributed by atoms with Gasteiger partial charge in [-0.05, 0) is 0 Å². The van der Waals surface area contributed by atoms with E-state index < -0.39 is 10.0 Å². The summed E-state index contributed by atoms with van der Waals surface area (Å²) in [4.78, 5) is 12.3. The van der Waals surface area contributed by atoms with Gasteiger partial charge in [-0.3, -0.25) is 0 Å². The summed E-state index contributed by atoms with van der Waals surface area (Å²) in [6, 6.07) is 0. The Morgan fingerprint density at radius 2 is 2.08 bits per heavy atom. The number of hydrogen-bond donors (Lipinski definition) is 0. The molecule has 3 aromatic rings. The van der Waals surface area contributed by atoms with Crippen LogP contribution in [0.25, 0.3) is 0 Å². The number of imidazole rings is 2. The standard InChI is InChI=1S/C13H16N8O2S/c1-18-7-13(16-10-18)24(22,23)20-2-3-21-11(4-15-12(21)6-20)5-19-9-14-8-17-19/h4,7-10H,2-3,5-6H2,1H3. The molecule has 1 aliphatic heterocycles. The molecule has 11 heteroatoms. The first kappa shape index (κ1) is 15.0. The van der Waals surface area contributed by atoms with Crippen LogP contribution in [-0.2, 0) is 36.7 Å². The molecule has 126 valence electrons. The van der Waals surface area contributed by atoms with E-state index in [1.54, 1.807) is 28.8 Å². The fourth-order valence-electron chi connectivity index (χ4n) is 2.77. The molecule has 0 saturated carbocycles. The van der Waals surface area contributed by atoms with Crippen LogP contribution in [0, 0.1) is 0 Å². The van der Waals surface area contributed by atoms with Gasteiger partial charge in [0.05, 0.1) is 31.3 Å². The molecule has 0 atom stereocenters. The SMILES string of the molecule is Cn1cnc(S(=O)(=O)N2CCn3c(Cn4cncn4)cnc3C2)c1. The van der Waals surface area contributed by atoms with E-state index >= 15 is 0 Å². The van der Waals surface area contributed by atoms with Crippen molar-refractivity contribution in [3.05, 3.63) is 42.9 Å². The highest BCUT2D eigenvalue weighted by Gasteiger charge is 2.31. The normalized spacial score (nSPS) is 15.5. The van der Waals surface area contributed by atoms with Gasteiger partial charge in [-0.25, -0.2) is 28.1 Å². The van der Waals surface area contributed by atoms with Crippen LogP contribution < -0.4 is 0 Å². The van der Waals surface area contributed by atoms with E-state index in [9.17, 15) is 8.42 Å². The highest BCUT2D eigenvalue weighted by molar-refractivity contribution is 7.89. The van der Waals surface area contributed by atoms with E-state index in [0.29, 0.717) is 19.6 Å². The van der Waals surface area contributed by atoms with Gasteiger partial charge >= 0.3 is 0 Å². The van der Waals surface area contributed by atoms with Crippen LogP contribution in [0.1, 0.15) is 11.5 Å². The molecule has 3 aromatic heterocycles. The number of nitrogens with zero attached hydrogens (tertiary/aromatic N) is 8. The van der Waals surface area contributed by atoms with E-state index in [1.807, 2.05) is 4.57 Å². The quantitative estimate of drug-likeness (QED) is 0.627. The molecular formula is C13H16N8O2S. The maximum absolute atomic E-state index is 12.7. The van der Waals surface area contributed by atoms with E-state index in [0.717, 1.165) is 11.5 Å². The van der Waals surface area contributed by atoms with Crippen LogP contribution in [0.15, 0.2) is 36.4 Å². The zero-order valence-electron chi connectivity index (χ0n) is 13.0. The number of hydrogen-bond acceptors (Lipinski definition) is 6. The molecule has 4 rings (SSSR count). The highest BCUT2D eigenvalue weighted by atomic mass is 32.2. The summed E-state index contributed by atoms with van der Waals surface area (Å²) in [6.45, 7) is 1.72. The van der Waals surface area contributed by atoms with Crippen LogP contribution in [0.3, 0.4) is 0 Å². The minimum absolute atomic E-state index is 0.0628. The number of fused-ring (bicyclic) bond motifs is 1. The summed E-state index contributed by atoms with van der Waals surface area (Å²) in [6.07, 6.45) is 7.86. The molecule has 0 radical (unpaired) electrons. The zero-order chi connectivity index (χ0) is 16.7. The molecule has 0 aliphatic carbocycles. The zero-order valence-corrected chi connectivity index (χ0v) is 13.8. The fourth-order valence-corrected chi connectivity index (χ4v) is 4.12. The van der Waals surface area contributed by atoms with Crippen molar-refractivity contribution in [2.24, 2.45) is 7.05 Å². The van der Waals surface area contributed by atoms with Crippen molar-refractivity contribution in [3.63, 3.8) is 0 Å². The van der Waals surface area contributed by atoms with E-state index in [-0.39, 0.29) is 11.6 Å². The minimum atomic E-state index is -3.60. The number of sulfonamides is 1. The molecule has 0 saturated heterocycles. The summed E-state index contributed by atoms with van der Waals surface area (Å²) < 4.78 is 32.1. The number of aromatic nitrogens is 7. The average molecular weight is 348 g/mol. The van der Waals surface area contributed by atoms with E-state index in [2.05, 4.69) is 20.1 Å². The van der Waals surface area contributed by atoms with Crippen molar-refractivity contribution in [1.82, 2.24) is 38.2 Å². The molecule has 0 N–H and O–H groups in total. The molecule has 0 aromatic carbocycles. The molecule has 0 bridgehead atoms. The molecule has 24 heavy (non-hydrogen) atoms. The van der Waals surface area contributed by atoms with Gasteiger partial charge in [0.2, 0.25) is 0 Å².